The predicted octanol–water partition coefficient (Wildman–Crippen LogP) is 13.1. The lowest BCUT2D eigenvalue weighted by molar-refractivity contribution is -0.303. The lowest BCUT2D eigenvalue weighted by Crippen LogP contribution is -2.60. The molecule has 0 aromatic carbocycles. The minimum Gasteiger partial charge on any atom is -0.394 e. The Bertz CT molecular complexity index is 1160. The predicted molar refractivity (Wildman–Crippen MR) is 293 cm³/mol. The van der Waals surface area contributed by atoms with Crippen molar-refractivity contribution in [3.8, 4) is 0 Å². The third-order valence-corrected chi connectivity index (χ3v) is 15.1. The number of aliphatic hydroxyl groups is 7. The summed E-state index contributed by atoms with van der Waals surface area (Å²) in [6.45, 7) is 3.49. The molecule has 0 spiro atoms. The number of unbranched alkanes of at least 4 members (excludes halogenated alkanes) is 39. The number of aliphatic hydroxyl groups excluding tert-OH is 7. The van der Waals surface area contributed by atoms with Gasteiger partial charge >= 0.3 is 0 Å². The number of nitrogens with one attached hydrogen (secondary N) is 1. The normalized spacial score (nSPS) is 20.2. The summed E-state index contributed by atoms with van der Waals surface area (Å²) >= 11 is 0. The Morgan fingerprint density at radius 2 is 0.831 bits per heavy atom. The Kier molecular flexibility index (Phi) is 47.5. The van der Waals surface area contributed by atoms with Gasteiger partial charge in [-0.15, -0.1) is 0 Å². The fourth-order valence-corrected chi connectivity index (χ4v) is 10.1. The van der Waals surface area contributed by atoms with E-state index in [9.17, 15) is 40.5 Å². The number of carbonyl (C=O) groups excluding carboxylic acids is 1. The molecular weight excluding hydrogens is 895 g/mol. The molecular formula is C60H117NO10. The van der Waals surface area contributed by atoms with Crippen LogP contribution in [0.25, 0.3) is 0 Å². The summed E-state index contributed by atoms with van der Waals surface area (Å²) in [5, 5.41) is 76.2. The highest BCUT2D eigenvalue weighted by molar-refractivity contribution is 5.80. The molecule has 8 N–H and O–H groups in total. The van der Waals surface area contributed by atoms with Gasteiger partial charge in [-0.25, -0.2) is 0 Å². The quantitative estimate of drug-likeness (QED) is 0.0215. The second-order valence-electron chi connectivity index (χ2n) is 21.8. The zero-order valence-corrected chi connectivity index (χ0v) is 46.2. The number of rotatable bonds is 53. The molecule has 0 bridgehead atoms. The minimum absolute atomic E-state index is 0.260. The number of amides is 1. The molecule has 71 heavy (non-hydrogen) atoms. The van der Waals surface area contributed by atoms with Crippen LogP contribution in [0.15, 0.2) is 12.2 Å². The Morgan fingerprint density at radius 3 is 1.21 bits per heavy atom. The van der Waals surface area contributed by atoms with Crippen LogP contribution < -0.4 is 5.32 Å². The number of hydrogen-bond acceptors (Lipinski definition) is 10. The molecule has 1 heterocycles. The molecule has 0 radical (unpaired) electrons. The van der Waals surface area contributed by atoms with E-state index in [1.165, 1.54) is 218 Å². The van der Waals surface area contributed by atoms with Gasteiger partial charge in [0.25, 0.3) is 0 Å². The lowest BCUT2D eigenvalue weighted by atomic mass is 9.98. The van der Waals surface area contributed by atoms with Gasteiger partial charge in [0.2, 0.25) is 5.91 Å². The van der Waals surface area contributed by atoms with Crippen LogP contribution in [0.3, 0.4) is 0 Å². The first-order valence-corrected chi connectivity index (χ1v) is 30.6. The van der Waals surface area contributed by atoms with E-state index < -0.39 is 74.2 Å². The van der Waals surface area contributed by atoms with Gasteiger partial charge in [0.1, 0.15) is 36.6 Å². The summed E-state index contributed by atoms with van der Waals surface area (Å²) in [4.78, 5) is 13.2. The van der Waals surface area contributed by atoms with Crippen LogP contribution in [0.1, 0.15) is 296 Å². The SMILES string of the molecule is CCCCCCCCCCCCCCCCCC/C=C/CCCC(O)C(O)C(COC1OC(CO)C(O)C(O)C1O)NC(=O)C(O)CCCCCCCCCCCCCCCCCCCCCCCCC. The molecule has 0 aromatic rings. The molecule has 1 saturated heterocycles. The summed E-state index contributed by atoms with van der Waals surface area (Å²) in [5.74, 6) is -0.700. The van der Waals surface area contributed by atoms with E-state index in [1.54, 1.807) is 0 Å². The second kappa shape index (κ2) is 49.7. The Labute approximate surface area is 436 Å². The van der Waals surface area contributed by atoms with E-state index in [0.29, 0.717) is 12.8 Å². The van der Waals surface area contributed by atoms with E-state index in [-0.39, 0.29) is 12.8 Å². The van der Waals surface area contributed by atoms with Crippen molar-refractivity contribution in [3.63, 3.8) is 0 Å². The fourth-order valence-electron chi connectivity index (χ4n) is 10.1. The average Bonchev–Trinajstić information content (AvgIpc) is 3.37. The zero-order chi connectivity index (χ0) is 51.8. The first-order chi connectivity index (χ1) is 34.7. The van der Waals surface area contributed by atoms with Gasteiger partial charge in [-0.2, -0.15) is 0 Å². The molecule has 1 amide bonds. The lowest BCUT2D eigenvalue weighted by Gasteiger charge is -2.40. The summed E-state index contributed by atoms with van der Waals surface area (Å²) in [7, 11) is 0. The molecule has 1 fully saturated rings. The van der Waals surface area contributed by atoms with Crippen LogP contribution >= 0.6 is 0 Å². The highest BCUT2D eigenvalue weighted by atomic mass is 16.7. The van der Waals surface area contributed by atoms with E-state index in [2.05, 4.69) is 31.3 Å². The largest absolute Gasteiger partial charge is 0.394 e. The van der Waals surface area contributed by atoms with Gasteiger partial charge in [0.15, 0.2) is 6.29 Å². The molecule has 0 aromatic heterocycles. The van der Waals surface area contributed by atoms with E-state index >= 15 is 0 Å². The third kappa shape index (κ3) is 38.1. The first-order valence-electron chi connectivity index (χ1n) is 30.6. The van der Waals surface area contributed by atoms with Gasteiger partial charge in [-0.05, 0) is 38.5 Å². The standard InChI is InChI=1S/C60H117NO10/c1-3-5-7-9-11-13-15-17-19-21-23-25-26-28-30-32-34-36-38-40-42-44-46-48-53(64)59(69)61-51(50-70-60-58(68)57(67)56(66)54(49-62)71-60)55(65)52(63)47-45-43-41-39-37-35-33-31-29-27-24-22-20-18-16-14-12-10-8-6-4-2/h39,41,51-58,60,62-68H,3-38,40,42-50H2,1-2H3,(H,61,69)/b41-39+. The van der Waals surface area contributed by atoms with Crippen LogP contribution in [-0.2, 0) is 14.3 Å². The summed E-state index contributed by atoms with van der Waals surface area (Å²) in [6, 6.07) is -1.18. The third-order valence-electron chi connectivity index (χ3n) is 15.1. The number of hydrogen-bond donors (Lipinski definition) is 8. The monoisotopic (exact) mass is 1010 g/mol. The molecule has 1 aliphatic rings. The maximum atomic E-state index is 13.2. The summed E-state index contributed by atoms with van der Waals surface area (Å²) in [5.41, 5.74) is 0. The van der Waals surface area contributed by atoms with Gasteiger partial charge in [0, 0.05) is 0 Å². The van der Waals surface area contributed by atoms with Crippen molar-refractivity contribution in [2.75, 3.05) is 13.2 Å². The maximum Gasteiger partial charge on any atom is 0.249 e. The summed E-state index contributed by atoms with van der Waals surface area (Å²) in [6.07, 6.45) is 47.0. The number of ether oxygens (including phenoxy) is 2. The molecule has 0 aliphatic carbocycles. The van der Waals surface area contributed by atoms with Crippen molar-refractivity contribution in [1.82, 2.24) is 5.32 Å². The molecule has 0 saturated carbocycles. The minimum atomic E-state index is -1.67. The van der Waals surface area contributed by atoms with Gasteiger partial charge in [-0.3, -0.25) is 4.79 Å². The zero-order valence-electron chi connectivity index (χ0n) is 46.2. The van der Waals surface area contributed by atoms with Crippen LogP contribution in [-0.4, -0.2) is 110 Å². The van der Waals surface area contributed by atoms with Crippen LogP contribution in [0, 0.1) is 0 Å². The fraction of sp³-hybridized carbons (Fsp3) is 0.950. The van der Waals surface area contributed by atoms with Crippen molar-refractivity contribution in [2.24, 2.45) is 0 Å². The van der Waals surface area contributed by atoms with Crippen LogP contribution in [0.4, 0.5) is 0 Å². The summed E-state index contributed by atoms with van der Waals surface area (Å²) < 4.78 is 11.2. The smallest absolute Gasteiger partial charge is 0.249 e. The van der Waals surface area contributed by atoms with Crippen molar-refractivity contribution >= 4 is 5.91 Å². The number of allylic oxidation sites excluding steroid dienone is 2. The van der Waals surface area contributed by atoms with Gasteiger partial charge in [0.05, 0.1) is 25.4 Å². The topological polar surface area (TPSA) is 189 Å². The van der Waals surface area contributed by atoms with Gasteiger partial charge in [-0.1, -0.05) is 270 Å². The first kappa shape index (κ1) is 67.9. The molecule has 11 heteroatoms. The van der Waals surface area contributed by atoms with E-state index in [4.69, 9.17) is 9.47 Å². The second-order valence-corrected chi connectivity index (χ2v) is 21.8. The average molecular weight is 1010 g/mol. The highest BCUT2D eigenvalue weighted by Crippen LogP contribution is 2.24. The Hall–Kier alpha value is -1.15. The molecule has 1 aliphatic heterocycles. The van der Waals surface area contributed by atoms with Crippen LogP contribution in [0.2, 0.25) is 0 Å². The number of carbonyl (C=O) groups is 1. The highest BCUT2D eigenvalue weighted by Gasteiger charge is 2.44. The van der Waals surface area contributed by atoms with Crippen molar-refractivity contribution in [1.29, 1.82) is 0 Å². The van der Waals surface area contributed by atoms with Crippen molar-refractivity contribution in [3.05, 3.63) is 12.2 Å². The molecule has 422 valence electrons. The molecule has 9 atom stereocenters. The van der Waals surface area contributed by atoms with Crippen LogP contribution in [0.5, 0.6) is 0 Å². The van der Waals surface area contributed by atoms with Crippen molar-refractivity contribution in [2.45, 2.75) is 351 Å². The Morgan fingerprint density at radius 1 is 0.479 bits per heavy atom. The van der Waals surface area contributed by atoms with E-state index in [1.807, 2.05) is 0 Å². The maximum absolute atomic E-state index is 13.2. The van der Waals surface area contributed by atoms with Crippen molar-refractivity contribution < 1.29 is 50.0 Å². The molecule has 1 rings (SSSR count). The Balaban J connectivity index is 2.29. The molecule has 11 nitrogen and oxygen atoms in total. The van der Waals surface area contributed by atoms with Gasteiger partial charge < -0.3 is 50.5 Å². The van der Waals surface area contributed by atoms with E-state index in [0.717, 1.165) is 38.5 Å². The molecule has 9 unspecified atom stereocenters.